The van der Waals surface area contributed by atoms with Crippen LogP contribution in [0.3, 0.4) is 0 Å². The van der Waals surface area contributed by atoms with Gasteiger partial charge in [-0.15, -0.1) is 0 Å². The van der Waals surface area contributed by atoms with E-state index in [1.807, 2.05) is 0 Å². The van der Waals surface area contributed by atoms with Gasteiger partial charge in [-0.1, -0.05) is 26.1 Å². The fourth-order valence-electron chi connectivity index (χ4n) is 1.89. The summed E-state index contributed by atoms with van der Waals surface area (Å²) in [4.78, 5) is 0. The van der Waals surface area contributed by atoms with E-state index in [2.05, 4.69) is 19.6 Å². The van der Waals surface area contributed by atoms with Crippen LogP contribution in [-0.4, -0.2) is 14.2 Å². The number of hydrogen-bond donors (Lipinski definition) is 0. The van der Waals surface area contributed by atoms with E-state index in [9.17, 15) is 4.39 Å². The molecular weight excluding hydrogens is 143 g/mol. The molecule has 60 valence electrons. The van der Waals surface area contributed by atoms with E-state index in [1.54, 1.807) is 0 Å². The molecule has 0 N–H and O–H groups in total. The van der Waals surface area contributed by atoms with E-state index >= 15 is 0 Å². The second kappa shape index (κ2) is 2.65. The lowest BCUT2D eigenvalue weighted by molar-refractivity contribution is 0.338. The lowest BCUT2D eigenvalue weighted by atomic mass is 10.3. The molecule has 0 aromatic carbocycles. The van der Waals surface area contributed by atoms with Gasteiger partial charge in [-0.25, -0.2) is 4.39 Å². The van der Waals surface area contributed by atoms with Crippen LogP contribution < -0.4 is 0 Å². The highest BCUT2D eigenvalue weighted by Crippen LogP contribution is 2.40. The van der Waals surface area contributed by atoms with E-state index in [1.165, 1.54) is 0 Å². The molecule has 1 rings (SSSR count). The van der Waals surface area contributed by atoms with Crippen LogP contribution in [-0.2, 0) is 0 Å². The van der Waals surface area contributed by atoms with E-state index < -0.39 is 14.2 Å². The van der Waals surface area contributed by atoms with Gasteiger partial charge in [0.1, 0.15) is 6.17 Å². The van der Waals surface area contributed by atoms with Crippen LogP contribution in [0.25, 0.3) is 0 Å². The van der Waals surface area contributed by atoms with Gasteiger partial charge in [-0.3, -0.25) is 0 Å². The van der Waals surface area contributed by atoms with Gasteiger partial charge in [0.25, 0.3) is 0 Å². The zero-order valence-corrected chi connectivity index (χ0v) is 8.15. The Hall–Kier alpha value is 0.147. The summed E-state index contributed by atoms with van der Waals surface area (Å²) in [6, 6.07) is 0. The monoisotopic (exact) mass is 160 g/mol. The van der Waals surface area contributed by atoms with Gasteiger partial charge in [-0.05, 0) is 18.4 Å². The van der Waals surface area contributed by atoms with Crippen molar-refractivity contribution in [2.75, 3.05) is 0 Å². The van der Waals surface area contributed by atoms with Crippen molar-refractivity contribution in [2.45, 2.75) is 50.6 Å². The summed E-state index contributed by atoms with van der Waals surface area (Å²) in [5.74, 6) is 0. The molecule has 0 amide bonds. The Morgan fingerprint density at radius 3 is 2.00 bits per heavy atom. The van der Waals surface area contributed by atoms with Crippen molar-refractivity contribution in [2.24, 2.45) is 0 Å². The van der Waals surface area contributed by atoms with Gasteiger partial charge in [0.2, 0.25) is 0 Å². The van der Waals surface area contributed by atoms with Crippen molar-refractivity contribution < 1.29 is 4.39 Å². The molecule has 2 atom stereocenters. The van der Waals surface area contributed by atoms with Gasteiger partial charge in [0.15, 0.2) is 0 Å². The largest absolute Gasteiger partial charge is 0.248 e. The third-order valence-corrected chi connectivity index (χ3v) is 5.42. The normalized spacial score (nSPS) is 34.8. The zero-order chi connectivity index (χ0) is 7.78. The molecule has 0 saturated heterocycles. The molecule has 0 aliphatic heterocycles. The molecule has 2 unspecified atom stereocenters. The second-order valence-electron chi connectivity index (χ2n) is 4.42. The number of rotatable bonds is 1. The quantitative estimate of drug-likeness (QED) is 0.517. The highest BCUT2D eigenvalue weighted by Gasteiger charge is 2.36. The number of hydrogen-bond acceptors (Lipinski definition) is 0. The number of halogens is 1. The van der Waals surface area contributed by atoms with E-state index in [0.717, 1.165) is 19.3 Å². The standard InChI is InChI=1S/C8H17FSi/c1-10(2,3)8-6-4-5-7(8)9/h7-8H,4-6H2,1-3H3. The van der Waals surface area contributed by atoms with Crippen LogP contribution >= 0.6 is 0 Å². The Kier molecular flexibility index (Phi) is 2.18. The van der Waals surface area contributed by atoms with Crippen molar-refractivity contribution in [1.82, 2.24) is 0 Å². The number of alkyl halides is 1. The van der Waals surface area contributed by atoms with Gasteiger partial charge in [0.05, 0.1) is 8.07 Å². The van der Waals surface area contributed by atoms with Gasteiger partial charge < -0.3 is 0 Å². The van der Waals surface area contributed by atoms with Crippen LogP contribution in [0, 0.1) is 0 Å². The second-order valence-corrected chi connectivity index (χ2v) is 9.89. The molecule has 1 aliphatic rings. The van der Waals surface area contributed by atoms with Crippen molar-refractivity contribution in [3.63, 3.8) is 0 Å². The summed E-state index contributed by atoms with van der Waals surface area (Å²) in [6.07, 6.45) is 2.63. The van der Waals surface area contributed by atoms with Crippen molar-refractivity contribution in [1.29, 1.82) is 0 Å². The lowest BCUT2D eigenvalue weighted by Crippen LogP contribution is -2.31. The van der Waals surface area contributed by atoms with Gasteiger partial charge in [-0.2, -0.15) is 0 Å². The fourth-order valence-corrected chi connectivity index (χ4v) is 4.21. The Labute approximate surface area is 63.8 Å². The predicted molar refractivity (Wildman–Crippen MR) is 45.8 cm³/mol. The van der Waals surface area contributed by atoms with Crippen LogP contribution in [0.2, 0.25) is 25.2 Å². The third kappa shape index (κ3) is 1.60. The lowest BCUT2D eigenvalue weighted by Gasteiger charge is -2.26. The minimum Gasteiger partial charge on any atom is -0.248 e. The van der Waals surface area contributed by atoms with E-state index in [-0.39, 0.29) is 0 Å². The Morgan fingerprint density at radius 2 is 1.80 bits per heavy atom. The molecule has 0 spiro atoms. The molecule has 2 heteroatoms. The highest BCUT2D eigenvalue weighted by atomic mass is 28.3. The predicted octanol–water partition coefficient (Wildman–Crippen LogP) is 3.22. The fraction of sp³-hybridized carbons (Fsp3) is 1.00. The molecule has 1 fully saturated rings. The van der Waals surface area contributed by atoms with Crippen molar-refractivity contribution in [3.8, 4) is 0 Å². The summed E-state index contributed by atoms with van der Waals surface area (Å²) in [6.45, 7) is 6.82. The molecule has 0 radical (unpaired) electrons. The first-order valence-electron chi connectivity index (χ1n) is 4.16. The molecular formula is C8H17FSi. The Bertz CT molecular complexity index is 117. The van der Waals surface area contributed by atoms with Crippen LogP contribution in [0.5, 0.6) is 0 Å². The summed E-state index contributed by atoms with van der Waals surface area (Å²) < 4.78 is 13.1. The third-order valence-electron chi connectivity index (χ3n) is 2.54. The summed E-state index contributed by atoms with van der Waals surface area (Å²) in [5.41, 5.74) is 0.451. The molecule has 0 bridgehead atoms. The smallest absolute Gasteiger partial charge is 0.101 e. The minimum absolute atomic E-state index is 0.451. The van der Waals surface area contributed by atoms with Crippen LogP contribution in [0.15, 0.2) is 0 Å². The minimum atomic E-state index is -1.16. The van der Waals surface area contributed by atoms with E-state index in [0.29, 0.717) is 5.54 Å². The highest BCUT2D eigenvalue weighted by molar-refractivity contribution is 6.77. The molecule has 10 heavy (non-hydrogen) atoms. The molecule has 0 aromatic rings. The molecule has 0 nitrogen and oxygen atoms in total. The average molecular weight is 160 g/mol. The average Bonchev–Trinajstić information content (AvgIpc) is 2.11. The summed E-state index contributed by atoms with van der Waals surface area (Å²) in [5, 5.41) is 0. The summed E-state index contributed by atoms with van der Waals surface area (Å²) in [7, 11) is -1.16. The topological polar surface area (TPSA) is 0 Å². The molecule has 1 saturated carbocycles. The first-order valence-corrected chi connectivity index (χ1v) is 7.73. The van der Waals surface area contributed by atoms with Gasteiger partial charge in [0, 0.05) is 0 Å². The van der Waals surface area contributed by atoms with Crippen LogP contribution in [0.1, 0.15) is 19.3 Å². The molecule has 0 heterocycles. The van der Waals surface area contributed by atoms with Crippen molar-refractivity contribution >= 4 is 8.07 Å². The summed E-state index contributed by atoms with van der Waals surface area (Å²) >= 11 is 0. The van der Waals surface area contributed by atoms with Gasteiger partial charge >= 0.3 is 0 Å². The van der Waals surface area contributed by atoms with E-state index in [4.69, 9.17) is 0 Å². The van der Waals surface area contributed by atoms with Crippen LogP contribution in [0.4, 0.5) is 4.39 Å². The molecule has 1 aliphatic carbocycles. The Morgan fingerprint density at radius 1 is 1.20 bits per heavy atom. The van der Waals surface area contributed by atoms with Crippen molar-refractivity contribution in [3.05, 3.63) is 0 Å². The zero-order valence-electron chi connectivity index (χ0n) is 7.15. The first-order chi connectivity index (χ1) is 4.52. The first kappa shape index (κ1) is 8.25. The maximum absolute atomic E-state index is 13.1. The molecule has 0 aromatic heterocycles. The maximum atomic E-state index is 13.1. The maximum Gasteiger partial charge on any atom is 0.101 e. The Balaban J connectivity index is 2.55. The SMILES string of the molecule is C[Si](C)(C)C1CCCC1F.